The average molecular weight is 233 g/mol. The molecular formula is C15H23NO. The summed E-state index contributed by atoms with van der Waals surface area (Å²) in [7, 11) is 0. The lowest BCUT2D eigenvalue weighted by atomic mass is 9.92. The first-order valence-electron chi connectivity index (χ1n) is 6.43. The highest BCUT2D eigenvalue weighted by Gasteiger charge is 2.24. The lowest BCUT2D eigenvalue weighted by Gasteiger charge is -2.11. The van der Waals surface area contributed by atoms with Crippen LogP contribution in [0, 0.1) is 6.92 Å². The molecule has 2 rings (SSSR count). The van der Waals surface area contributed by atoms with Crippen LogP contribution in [0.3, 0.4) is 0 Å². The number of nitrogens with one attached hydrogen (secondary N) is 1. The molecule has 0 saturated carbocycles. The zero-order chi connectivity index (χ0) is 13.0. The van der Waals surface area contributed by atoms with Gasteiger partial charge in [-0.2, -0.15) is 0 Å². The van der Waals surface area contributed by atoms with Crippen molar-refractivity contribution in [2.24, 2.45) is 0 Å². The van der Waals surface area contributed by atoms with E-state index in [1.807, 2.05) is 0 Å². The molecule has 0 aromatic heterocycles. The minimum Gasteiger partial charge on any atom is -0.348 e. The Morgan fingerprint density at radius 1 is 1.29 bits per heavy atom. The second-order valence-electron chi connectivity index (χ2n) is 4.87. The van der Waals surface area contributed by atoms with E-state index in [1.54, 1.807) is 0 Å². The minimum absolute atomic E-state index is 0.0902. The van der Waals surface area contributed by atoms with Crippen molar-refractivity contribution in [1.82, 2.24) is 5.32 Å². The van der Waals surface area contributed by atoms with Crippen LogP contribution in [-0.2, 0) is 6.54 Å². The van der Waals surface area contributed by atoms with Crippen molar-refractivity contribution in [3.63, 3.8) is 0 Å². The van der Waals surface area contributed by atoms with E-state index in [2.05, 4.69) is 52.1 Å². The lowest BCUT2D eigenvalue weighted by molar-refractivity contribution is 0.0964. The molecule has 1 aromatic carbocycles. The van der Waals surface area contributed by atoms with Crippen molar-refractivity contribution < 1.29 is 4.79 Å². The van der Waals surface area contributed by atoms with E-state index in [9.17, 15) is 4.79 Å². The molecule has 0 atom stereocenters. The van der Waals surface area contributed by atoms with Crippen LogP contribution < -0.4 is 5.32 Å². The molecule has 1 amide bonds. The smallest absolute Gasteiger partial charge is 0.252 e. The normalized spacial score (nSPS) is 12.9. The van der Waals surface area contributed by atoms with Crippen LogP contribution in [0.25, 0.3) is 0 Å². The molecule has 1 aromatic rings. The largest absolute Gasteiger partial charge is 0.348 e. The maximum absolute atomic E-state index is 11.6. The van der Waals surface area contributed by atoms with Crippen LogP contribution in [0.2, 0.25) is 0 Å². The summed E-state index contributed by atoms with van der Waals surface area (Å²) >= 11 is 0. The first-order valence-corrected chi connectivity index (χ1v) is 6.43. The van der Waals surface area contributed by atoms with Crippen LogP contribution in [-0.4, -0.2) is 5.91 Å². The number of amides is 1. The van der Waals surface area contributed by atoms with Crippen molar-refractivity contribution >= 4 is 5.91 Å². The van der Waals surface area contributed by atoms with Crippen LogP contribution in [0.5, 0.6) is 0 Å². The van der Waals surface area contributed by atoms with Crippen molar-refractivity contribution in [1.29, 1.82) is 0 Å². The van der Waals surface area contributed by atoms with Gasteiger partial charge in [-0.3, -0.25) is 4.79 Å². The summed E-state index contributed by atoms with van der Waals surface area (Å²) in [5.41, 5.74) is 4.48. The Morgan fingerprint density at radius 3 is 2.41 bits per heavy atom. The van der Waals surface area contributed by atoms with Crippen LogP contribution >= 0.6 is 0 Å². The second-order valence-corrected chi connectivity index (χ2v) is 4.87. The summed E-state index contributed by atoms with van der Waals surface area (Å²) in [6, 6.07) is 4.18. The molecule has 17 heavy (non-hydrogen) atoms. The van der Waals surface area contributed by atoms with E-state index in [1.165, 1.54) is 23.1 Å². The molecule has 0 saturated heterocycles. The molecule has 0 radical (unpaired) electrons. The second kappa shape index (κ2) is 5.85. The van der Waals surface area contributed by atoms with Gasteiger partial charge in [0.25, 0.3) is 5.91 Å². The minimum atomic E-state index is 0.0902. The highest BCUT2D eigenvalue weighted by molar-refractivity contribution is 6.00. The number of aryl methyl sites for hydroxylation is 1. The number of fused-ring (bicyclic) bond motifs is 1. The first kappa shape index (κ1) is 13.8. The van der Waals surface area contributed by atoms with Crippen molar-refractivity contribution in [3.05, 3.63) is 34.4 Å². The van der Waals surface area contributed by atoms with Gasteiger partial charge in [0.2, 0.25) is 0 Å². The summed E-state index contributed by atoms with van der Waals surface area (Å²) in [4.78, 5) is 11.6. The Balaban J connectivity index is 0.000000437. The fourth-order valence-electron chi connectivity index (χ4n) is 2.00. The molecule has 0 bridgehead atoms. The number of rotatable bonds is 1. The Labute approximate surface area is 104 Å². The SMILES string of the molecule is CCC.Cc1ccc(C(C)C)c2c1CNC2=O. The summed E-state index contributed by atoms with van der Waals surface area (Å²) < 4.78 is 0. The van der Waals surface area contributed by atoms with Crippen LogP contribution in [0.1, 0.15) is 67.1 Å². The van der Waals surface area contributed by atoms with E-state index >= 15 is 0 Å². The molecule has 0 aliphatic carbocycles. The monoisotopic (exact) mass is 233 g/mol. The standard InChI is InChI=1S/C12H15NO.C3H8/c1-7(2)9-5-4-8(3)10-6-13-12(14)11(9)10;1-3-2/h4-5,7H,6H2,1-3H3,(H,13,14);3H2,1-2H3. The van der Waals surface area contributed by atoms with Gasteiger partial charge in [0.05, 0.1) is 0 Å². The predicted octanol–water partition coefficient (Wildman–Crippen LogP) is 3.78. The van der Waals surface area contributed by atoms with E-state index in [4.69, 9.17) is 0 Å². The molecule has 1 heterocycles. The fourth-order valence-corrected chi connectivity index (χ4v) is 2.00. The van der Waals surface area contributed by atoms with E-state index in [-0.39, 0.29) is 5.91 Å². The maximum atomic E-state index is 11.6. The van der Waals surface area contributed by atoms with Crippen LogP contribution in [0.4, 0.5) is 0 Å². The number of hydrogen-bond donors (Lipinski definition) is 1. The van der Waals surface area contributed by atoms with Gasteiger partial charge in [-0.25, -0.2) is 0 Å². The van der Waals surface area contributed by atoms with Gasteiger partial charge in [0, 0.05) is 12.1 Å². The third-order valence-electron chi connectivity index (χ3n) is 2.85. The van der Waals surface area contributed by atoms with Crippen LogP contribution in [0.15, 0.2) is 12.1 Å². The van der Waals surface area contributed by atoms with Gasteiger partial charge >= 0.3 is 0 Å². The lowest BCUT2D eigenvalue weighted by Crippen LogP contribution is -2.14. The molecule has 1 aliphatic rings. The van der Waals surface area contributed by atoms with E-state index in [0.29, 0.717) is 12.5 Å². The highest BCUT2D eigenvalue weighted by atomic mass is 16.1. The number of carbonyl (C=O) groups is 1. The van der Waals surface area contributed by atoms with Gasteiger partial charge in [0.15, 0.2) is 0 Å². The topological polar surface area (TPSA) is 29.1 Å². The Morgan fingerprint density at radius 2 is 1.88 bits per heavy atom. The molecule has 0 spiro atoms. The summed E-state index contributed by atoms with van der Waals surface area (Å²) in [5, 5.41) is 2.88. The van der Waals surface area contributed by atoms with Crippen molar-refractivity contribution in [2.75, 3.05) is 0 Å². The molecule has 94 valence electrons. The Bertz CT molecular complexity index is 408. The summed E-state index contributed by atoms with van der Waals surface area (Å²) in [6.45, 7) is 11.2. The Hall–Kier alpha value is -1.31. The van der Waals surface area contributed by atoms with Gasteiger partial charge in [0.1, 0.15) is 0 Å². The summed E-state index contributed by atoms with van der Waals surface area (Å²) in [5.74, 6) is 0.501. The fraction of sp³-hybridized carbons (Fsp3) is 0.533. The highest BCUT2D eigenvalue weighted by Crippen LogP contribution is 2.28. The third kappa shape index (κ3) is 2.87. The van der Waals surface area contributed by atoms with Gasteiger partial charge < -0.3 is 5.32 Å². The van der Waals surface area contributed by atoms with E-state index in [0.717, 1.165) is 5.56 Å². The number of carbonyl (C=O) groups excluding carboxylic acids is 1. The molecule has 0 fully saturated rings. The molecular weight excluding hydrogens is 210 g/mol. The quantitative estimate of drug-likeness (QED) is 0.786. The van der Waals surface area contributed by atoms with Gasteiger partial charge in [-0.15, -0.1) is 0 Å². The van der Waals surface area contributed by atoms with Crippen molar-refractivity contribution in [3.8, 4) is 0 Å². The molecule has 2 heteroatoms. The first-order chi connectivity index (χ1) is 8.02. The van der Waals surface area contributed by atoms with Gasteiger partial charge in [-0.05, 0) is 29.5 Å². The number of benzene rings is 1. The molecule has 1 N–H and O–H groups in total. The maximum Gasteiger partial charge on any atom is 0.252 e. The average Bonchev–Trinajstić information content (AvgIpc) is 2.63. The molecule has 0 unspecified atom stereocenters. The predicted molar refractivity (Wildman–Crippen MR) is 72.4 cm³/mol. The number of hydrogen-bond acceptors (Lipinski definition) is 1. The zero-order valence-corrected chi connectivity index (χ0v) is 11.6. The Kier molecular flexibility index (Phi) is 4.73. The van der Waals surface area contributed by atoms with E-state index < -0.39 is 0 Å². The zero-order valence-electron chi connectivity index (χ0n) is 11.6. The third-order valence-corrected chi connectivity index (χ3v) is 2.85. The van der Waals surface area contributed by atoms with Crippen molar-refractivity contribution in [2.45, 2.75) is 53.5 Å². The molecule has 1 aliphatic heterocycles. The summed E-state index contributed by atoms with van der Waals surface area (Å²) in [6.07, 6.45) is 1.25. The van der Waals surface area contributed by atoms with Gasteiger partial charge in [-0.1, -0.05) is 46.2 Å². The molecule has 2 nitrogen and oxygen atoms in total.